The predicted octanol–water partition coefficient (Wildman–Crippen LogP) is -1.53. The molecule has 0 rings (SSSR count). The quantitative estimate of drug-likeness (QED) is 0.364. The summed E-state index contributed by atoms with van der Waals surface area (Å²) in [6.45, 7) is 3.09. The van der Waals surface area contributed by atoms with Crippen LogP contribution in [0.3, 0.4) is 0 Å². The molecule has 0 aliphatic carbocycles. The molecule has 0 unspecified atom stereocenters. The van der Waals surface area contributed by atoms with Crippen molar-refractivity contribution in [2.75, 3.05) is 6.61 Å². The Kier molecular flexibility index (Phi) is 6.22. The van der Waals surface area contributed by atoms with Crippen LogP contribution >= 0.6 is 0 Å². The van der Waals surface area contributed by atoms with Crippen LogP contribution in [0.1, 0.15) is 20.3 Å². The first-order valence-electron chi connectivity index (χ1n) is 4.73. The van der Waals surface area contributed by atoms with E-state index in [4.69, 9.17) is 10.2 Å². The van der Waals surface area contributed by atoms with Crippen molar-refractivity contribution in [3.8, 4) is 0 Å². The lowest BCUT2D eigenvalue weighted by Crippen LogP contribution is -2.46. The summed E-state index contributed by atoms with van der Waals surface area (Å²) < 4.78 is 0. The van der Waals surface area contributed by atoms with Gasteiger partial charge in [-0.3, -0.25) is 0 Å². The molecule has 0 aliphatic heterocycles. The lowest BCUT2D eigenvalue weighted by atomic mass is 9.96. The standard InChI is InChI=1S/C9H20O5/c1-5(2)3-6(11)8(13)9(14)7(12)4-10/h5-14H,3-4H2,1-2H3/t6-,7+,8+,9+/m1/s1. The van der Waals surface area contributed by atoms with Gasteiger partial charge in [-0.15, -0.1) is 0 Å². The topological polar surface area (TPSA) is 101 Å². The highest BCUT2D eigenvalue weighted by Gasteiger charge is 2.29. The normalized spacial score (nSPS) is 20.6. The van der Waals surface area contributed by atoms with Crippen LogP contribution < -0.4 is 0 Å². The molecule has 4 atom stereocenters. The van der Waals surface area contributed by atoms with Crippen molar-refractivity contribution in [1.29, 1.82) is 0 Å². The Morgan fingerprint density at radius 3 is 1.64 bits per heavy atom. The van der Waals surface area contributed by atoms with Crippen LogP contribution in [-0.4, -0.2) is 56.6 Å². The molecule has 0 bridgehead atoms. The molecule has 0 aromatic heterocycles. The molecular formula is C9H20O5. The van der Waals surface area contributed by atoms with E-state index in [0.717, 1.165) is 0 Å². The molecule has 86 valence electrons. The molecule has 0 saturated heterocycles. The van der Waals surface area contributed by atoms with Crippen molar-refractivity contribution in [1.82, 2.24) is 0 Å². The zero-order chi connectivity index (χ0) is 11.3. The molecule has 5 N–H and O–H groups in total. The summed E-state index contributed by atoms with van der Waals surface area (Å²) in [4.78, 5) is 0. The van der Waals surface area contributed by atoms with Crippen LogP contribution in [0.5, 0.6) is 0 Å². The second-order valence-electron chi connectivity index (χ2n) is 3.93. The van der Waals surface area contributed by atoms with Crippen molar-refractivity contribution in [2.24, 2.45) is 5.92 Å². The average molecular weight is 208 g/mol. The van der Waals surface area contributed by atoms with Crippen LogP contribution in [0, 0.1) is 5.92 Å². The summed E-state index contributed by atoms with van der Waals surface area (Å²) in [5.41, 5.74) is 0. The van der Waals surface area contributed by atoms with Crippen LogP contribution in [0.2, 0.25) is 0 Å². The molecule has 0 amide bonds. The first kappa shape index (κ1) is 13.8. The van der Waals surface area contributed by atoms with Crippen molar-refractivity contribution in [3.63, 3.8) is 0 Å². The highest BCUT2D eigenvalue weighted by atomic mass is 16.4. The Bertz CT molecular complexity index is 150. The fraction of sp³-hybridized carbons (Fsp3) is 1.00. The third kappa shape index (κ3) is 4.34. The summed E-state index contributed by atoms with van der Waals surface area (Å²) in [6, 6.07) is 0. The molecule has 0 aromatic carbocycles. The smallest absolute Gasteiger partial charge is 0.110 e. The van der Waals surface area contributed by atoms with Gasteiger partial charge in [-0.2, -0.15) is 0 Å². The average Bonchev–Trinajstić information content (AvgIpc) is 2.13. The SMILES string of the molecule is CC(C)C[C@@H](O)[C@H](O)[C@@H](O)[C@@H](O)CO. The molecule has 0 fully saturated rings. The summed E-state index contributed by atoms with van der Waals surface area (Å²) in [5.74, 6) is 0.179. The Labute approximate surface area is 83.6 Å². The maximum atomic E-state index is 9.40. The Morgan fingerprint density at radius 2 is 1.29 bits per heavy atom. The fourth-order valence-corrected chi connectivity index (χ4v) is 1.19. The van der Waals surface area contributed by atoms with E-state index < -0.39 is 31.0 Å². The van der Waals surface area contributed by atoms with Gasteiger partial charge in [0.05, 0.1) is 12.7 Å². The van der Waals surface area contributed by atoms with Crippen LogP contribution in [0.4, 0.5) is 0 Å². The zero-order valence-electron chi connectivity index (χ0n) is 8.54. The van der Waals surface area contributed by atoms with Gasteiger partial charge in [-0.1, -0.05) is 13.8 Å². The highest BCUT2D eigenvalue weighted by molar-refractivity contribution is 4.80. The molecule has 0 aliphatic rings. The zero-order valence-corrected chi connectivity index (χ0v) is 8.54. The van der Waals surface area contributed by atoms with E-state index in [9.17, 15) is 15.3 Å². The largest absolute Gasteiger partial charge is 0.394 e. The fourth-order valence-electron chi connectivity index (χ4n) is 1.19. The summed E-state index contributed by atoms with van der Waals surface area (Å²) in [7, 11) is 0. The van der Waals surface area contributed by atoms with Gasteiger partial charge >= 0.3 is 0 Å². The maximum Gasteiger partial charge on any atom is 0.110 e. The number of aliphatic hydroxyl groups is 5. The van der Waals surface area contributed by atoms with E-state index in [2.05, 4.69) is 0 Å². The second kappa shape index (κ2) is 6.31. The third-order valence-corrected chi connectivity index (χ3v) is 2.04. The molecular weight excluding hydrogens is 188 g/mol. The minimum atomic E-state index is -1.52. The van der Waals surface area contributed by atoms with Crippen molar-refractivity contribution in [3.05, 3.63) is 0 Å². The number of hydrogen-bond donors (Lipinski definition) is 5. The molecule has 0 aromatic rings. The lowest BCUT2D eigenvalue weighted by Gasteiger charge is -2.26. The summed E-state index contributed by atoms with van der Waals surface area (Å²) in [5, 5.41) is 45.5. The molecule has 0 saturated carbocycles. The van der Waals surface area contributed by atoms with Crippen molar-refractivity contribution >= 4 is 0 Å². The van der Waals surface area contributed by atoms with E-state index in [1.54, 1.807) is 0 Å². The summed E-state index contributed by atoms with van der Waals surface area (Å²) in [6.07, 6.45) is -5.14. The van der Waals surface area contributed by atoms with Crippen LogP contribution in [0.15, 0.2) is 0 Å². The van der Waals surface area contributed by atoms with Gasteiger partial charge in [0.25, 0.3) is 0 Å². The van der Waals surface area contributed by atoms with Gasteiger partial charge in [0.1, 0.15) is 18.3 Å². The van der Waals surface area contributed by atoms with Crippen molar-refractivity contribution < 1.29 is 25.5 Å². The number of hydrogen-bond acceptors (Lipinski definition) is 5. The predicted molar refractivity (Wildman–Crippen MR) is 50.6 cm³/mol. The molecule has 0 heterocycles. The van der Waals surface area contributed by atoms with Crippen LogP contribution in [-0.2, 0) is 0 Å². The van der Waals surface area contributed by atoms with Gasteiger partial charge in [0.15, 0.2) is 0 Å². The van der Waals surface area contributed by atoms with E-state index in [-0.39, 0.29) is 5.92 Å². The van der Waals surface area contributed by atoms with Gasteiger partial charge in [0.2, 0.25) is 0 Å². The monoisotopic (exact) mass is 208 g/mol. The van der Waals surface area contributed by atoms with Crippen LogP contribution in [0.25, 0.3) is 0 Å². The lowest BCUT2D eigenvalue weighted by molar-refractivity contribution is -0.118. The Hall–Kier alpha value is -0.200. The first-order chi connectivity index (χ1) is 6.40. The molecule has 0 spiro atoms. The van der Waals surface area contributed by atoms with E-state index >= 15 is 0 Å². The molecule has 5 heteroatoms. The minimum absolute atomic E-state index is 0.179. The van der Waals surface area contributed by atoms with E-state index in [0.29, 0.717) is 6.42 Å². The molecule has 14 heavy (non-hydrogen) atoms. The van der Waals surface area contributed by atoms with E-state index in [1.807, 2.05) is 13.8 Å². The molecule has 0 radical (unpaired) electrons. The Balaban J connectivity index is 4.09. The second-order valence-corrected chi connectivity index (χ2v) is 3.93. The first-order valence-corrected chi connectivity index (χ1v) is 4.73. The Morgan fingerprint density at radius 1 is 0.857 bits per heavy atom. The van der Waals surface area contributed by atoms with E-state index in [1.165, 1.54) is 0 Å². The van der Waals surface area contributed by atoms with Gasteiger partial charge in [-0.25, -0.2) is 0 Å². The van der Waals surface area contributed by atoms with Gasteiger partial charge in [0, 0.05) is 0 Å². The molecule has 5 nitrogen and oxygen atoms in total. The highest BCUT2D eigenvalue weighted by Crippen LogP contribution is 2.12. The number of rotatable bonds is 6. The number of aliphatic hydroxyl groups excluding tert-OH is 5. The van der Waals surface area contributed by atoms with Crippen molar-refractivity contribution in [2.45, 2.75) is 44.7 Å². The summed E-state index contributed by atoms with van der Waals surface area (Å²) >= 11 is 0. The van der Waals surface area contributed by atoms with Gasteiger partial charge < -0.3 is 25.5 Å². The maximum absolute atomic E-state index is 9.40. The third-order valence-electron chi connectivity index (χ3n) is 2.04. The minimum Gasteiger partial charge on any atom is -0.394 e. The van der Waals surface area contributed by atoms with Gasteiger partial charge in [-0.05, 0) is 12.3 Å².